The molecule has 0 aromatic heterocycles. The number of aryl methyl sites for hydroxylation is 1. The number of hydroxylamine groups is 2. The molecule has 9 amide bonds. The van der Waals surface area contributed by atoms with Crippen LogP contribution in [0.1, 0.15) is 245 Å². The highest BCUT2D eigenvalue weighted by molar-refractivity contribution is 7.94. The maximum atomic E-state index is 13.8. The molecule has 0 radical (unpaired) electrons. The number of benzene rings is 6. The number of nitrogens with one attached hydrogen (secondary N) is 3. The van der Waals surface area contributed by atoms with Crippen LogP contribution in [-0.2, 0) is 117 Å². The maximum Gasteiger partial charge on any atom is 0.333 e. The van der Waals surface area contributed by atoms with E-state index in [9.17, 15) is 84.1 Å². The van der Waals surface area contributed by atoms with Crippen molar-refractivity contribution in [2.24, 2.45) is 0 Å². The van der Waals surface area contributed by atoms with E-state index >= 15 is 0 Å². The van der Waals surface area contributed by atoms with E-state index in [2.05, 4.69) is 105 Å². The number of unbranched alkanes of at least 4 members (excludes halogenated alkanes) is 4. The fourth-order valence-corrected chi connectivity index (χ4v) is 21.9. The number of allylic oxidation sites excluding steroid dienone is 8. The molecule has 0 saturated carbocycles. The van der Waals surface area contributed by atoms with Gasteiger partial charge in [0.15, 0.2) is 29.2 Å². The number of phenols is 2. The number of carbonyl (C=O) groups excluding carboxylic acids is 10. The maximum absolute atomic E-state index is 13.8. The normalized spacial score (nSPS) is 19.7. The summed E-state index contributed by atoms with van der Waals surface area (Å²) in [7, 11) is -8.96. The molecule has 15 rings (SSSR count). The smallest absolute Gasteiger partial charge is 0.333 e. The lowest BCUT2D eigenvalue weighted by atomic mass is 9.81. The van der Waals surface area contributed by atoms with Crippen molar-refractivity contribution in [3.63, 3.8) is 0 Å². The molecule has 9 aliphatic heterocycles. The summed E-state index contributed by atoms with van der Waals surface area (Å²) < 4.78 is 91.1. The number of anilines is 2. The number of fused-ring (bicyclic) bond motifs is 6. The quantitative estimate of drug-likeness (QED) is 0.00348. The van der Waals surface area contributed by atoms with Gasteiger partial charge in [-0.3, -0.25) is 62.6 Å². The highest BCUT2D eigenvalue weighted by Crippen LogP contribution is 2.53. The average Bonchev–Trinajstić information content (AvgIpc) is 1.57. The van der Waals surface area contributed by atoms with E-state index in [1.165, 1.54) is 46.9 Å². The van der Waals surface area contributed by atoms with Gasteiger partial charge >= 0.3 is 5.97 Å². The summed E-state index contributed by atoms with van der Waals surface area (Å²) in [6.45, 7) is 39.1. The first kappa shape index (κ1) is 109. The van der Waals surface area contributed by atoms with E-state index in [1.54, 1.807) is 19.1 Å². The second-order valence-corrected chi connectivity index (χ2v) is 44.2. The third kappa shape index (κ3) is 22.9. The standard InChI is InChI=1S/C51H61N5O9S.C50H60N4O13S2.C7H9NO2/c1-31-18-20-39-37(29-31)49(5,6)41(55(39)28-14-26-52-48(61)51(9)25-24-36-34(4)46(60)32(2)33(3)47(36)65-51)15-13-16-42-50(7,8)38-30-35(66(62,63)64)19-21-40(38)54(42)27-12-10-11-17-43(57)53-56-44(58)22-23-45(56)59;1-30-31(2)46-35(32(3)45(30)58)23-24-50(8,64-46)47(59)51-25-13-27-53-38-19-17-33(68-67-66-60)28-36(38)48(4,5)40(53)14-12-15-41-49(6,7)37-29-34(69(61,62)63)18-20-39(37)52(41)26-11-9-10-16-44(57)65-54-42(55)21-22-43(54)56;1-2-5-8-6(9)3-4-7(8)10/h13,15-16,18-23,29-30H,10-12,14,17,24-28H2,1-9H3,(H3-,52,53,57,60,61,62,63,64);12,14-15,17-20,28-29H,9-11,13,16,21-27H2,1-8H3,(H3-,51,58,59,60,61,62,63);3-4H,2,5H2,1H3/p+2. The molecule has 9 aliphatic rings. The number of hydrogen-bond donors (Lipinski definition) is 8. The Bertz CT molecular complexity index is 6730. The van der Waals surface area contributed by atoms with E-state index in [1.807, 2.05) is 126 Å². The number of ether oxygens (including phenoxy) is 2. The predicted octanol–water partition coefficient (Wildman–Crippen LogP) is 15.7. The lowest BCUT2D eigenvalue weighted by Crippen LogP contribution is -2.51. The van der Waals surface area contributed by atoms with Crippen LogP contribution in [0.4, 0.5) is 22.7 Å². The molecule has 1 fully saturated rings. The Balaban J connectivity index is 0.000000221. The highest BCUT2D eigenvalue weighted by atomic mass is 32.2. The molecule has 34 nitrogen and oxygen atoms in total. The van der Waals surface area contributed by atoms with Gasteiger partial charge in [-0.1, -0.05) is 75.9 Å². The Labute approximate surface area is 850 Å². The summed E-state index contributed by atoms with van der Waals surface area (Å²) in [5.74, 6) is -2.24. The molecule has 0 bridgehead atoms. The van der Waals surface area contributed by atoms with Gasteiger partial charge < -0.3 is 45.0 Å². The van der Waals surface area contributed by atoms with Crippen LogP contribution in [0.25, 0.3) is 0 Å². The largest absolute Gasteiger partial charge is 0.507 e. The van der Waals surface area contributed by atoms with Gasteiger partial charge in [0, 0.05) is 193 Å². The zero-order valence-electron chi connectivity index (χ0n) is 85.5. The van der Waals surface area contributed by atoms with Crippen LogP contribution in [-0.4, -0.2) is 193 Å². The Kier molecular flexibility index (Phi) is 33.1. The van der Waals surface area contributed by atoms with Crippen molar-refractivity contribution in [3.05, 3.63) is 217 Å². The van der Waals surface area contributed by atoms with Crippen LogP contribution in [0.5, 0.6) is 23.0 Å². The number of imide groups is 3. The summed E-state index contributed by atoms with van der Waals surface area (Å²) in [5, 5.41) is 41.5. The zero-order valence-corrected chi connectivity index (χ0v) is 88.0. The number of aromatic hydroxyl groups is 2. The van der Waals surface area contributed by atoms with Gasteiger partial charge in [0.1, 0.15) is 29.5 Å². The first-order valence-corrected chi connectivity index (χ1v) is 52.7. The van der Waals surface area contributed by atoms with Crippen LogP contribution in [0, 0.1) is 48.5 Å². The molecular weight excluding hydrogens is 1920 g/mol. The van der Waals surface area contributed by atoms with Crippen LogP contribution >= 0.6 is 12.0 Å². The molecule has 0 spiro atoms. The molecule has 6 aromatic carbocycles. The Morgan fingerprint density at radius 2 is 0.938 bits per heavy atom. The molecule has 1 saturated heterocycles. The first-order chi connectivity index (χ1) is 68.2. The topological polar surface area (TPSA) is 445 Å². The molecule has 145 heavy (non-hydrogen) atoms. The van der Waals surface area contributed by atoms with Gasteiger partial charge in [-0.2, -0.15) is 31.0 Å². The average molecular weight is 2050 g/mol. The van der Waals surface area contributed by atoms with Crippen molar-refractivity contribution in [2.45, 2.75) is 281 Å². The molecular formula is C108H132N10O24S3+2. The van der Waals surface area contributed by atoms with E-state index < -0.39 is 83.2 Å². The Hall–Kier alpha value is -12.8. The van der Waals surface area contributed by atoms with Gasteiger partial charge in [0.2, 0.25) is 17.3 Å². The van der Waals surface area contributed by atoms with Crippen molar-refractivity contribution in [3.8, 4) is 23.0 Å². The van der Waals surface area contributed by atoms with E-state index in [0.717, 1.165) is 137 Å². The molecule has 8 N–H and O–H groups in total. The second kappa shape index (κ2) is 43.9. The zero-order chi connectivity index (χ0) is 106. The lowest BCUT2D eigenvalue weighted by molar-refractivity contribution is -0.438. The predicted molar refractivity (Wildman–Crippen MR) is 546 cm³/mol. The number of phenolic OH excluding ortho intramolecular Hbond substituents is 2. The number of rotatable bonds is 35. The van der Waals surface area contributed by atoms with Crippen LogP contribution in [0.3, 0.4) is 0 Å². The van der Waals surface area contributed by atoms with E-state index in [-0.39, 0.29) is 76.0 Å². The fraction of sp³-hybridized carbons (Fsp3) is 0.444. The molecule has 9 heterocycles. The molecule has 0 aliphatic carbocycles. The van der Waals surface area contributed by atoms with E-state index in [0.29, 0.717) is 155 Å². The molecule has 2 unspecified atom stereocenters. The number of carbonyl (C=O) groups is 10. The van der Waals surface area contributed by atoms with Gasteiger partial charge in [-0.05, 0) is 247 Å². The summed E-state index contributed by atoms with van der Waals surface area (Å²) >= 11 is 0.867. The first-order valence-electron chi connectivity index (χ1n) is 49.0. The fourth-order valence-electron chi connectivity index (χ4n) is 20.5. The Morgan fingerprint density at radius 3 is 1.45 bits per heavy atom. The molecule has 6 aromatic rings. The van der Waals surface area contributed by atoms with E-state index in [4.69, 9.17) is 23.9 Å². The van der Waals surface area contributed by atoms with Crippen molar-refractivity contribution in [1.29, 1.82) is 0 Å². The molecule has 2 atom stereocenters. The van der Waals surface area contributed by atoms with Crippen molar-refractivity contribution in [2.75, 3.05) is 55.6 Å². The minimum absolute atomic E-state index is 0.0130. The van der Waals surface area contributed by atoms with Crippen molar-refractivity contribution < 1.29 is 122 Å². The van der Waals surface area contributed by atoms with Gasteiger partial charge in [-0.15, -0.1) is 9.40 Å². The van der Waals surface area contributed by atoms with Crippen LogP contribution in [0.15, 0.2) is 160 Å². The number of hydrogen-bond acceptors (Lipinski definition) is 25. The van der Waals surface area contributed by atoms with Crippen LogP contribution in [0.2, 0.25) is 0 Å². The molecule has 37 heteroatoms. The number of hydrazine groups is 1. The minimum Gasteiger partial charge on any atom is -0.507 e. The monoisotopic (exact) mass is 2050 g/mol. The summed E-state index contributed by atoms with van der Waals surface area (Å²) in [5.41, 5.74) is 16.8. The van der Waals surface area contributed by atoms with Crippen LogP contribution < -0.4 is 35.3 Å². The van der Waals surface area contributed by atoms with Gasteiger partial charge in [0.05, 0.1) is 32.7 Å². The van der Waals surface area contributed by atoms with Gasteiger partial charge in [-0.25, -0.2) is 10.1 Å². The number of amides is 9. The lowest BCUT2D eigenvalue weighted by Gasteiger charge is -2.36. The number of nitrogens with zero attached hydrogens (tertiary/aromatic N) is 7. The highest BCUT2D eigenvalue weighted by Gasteiger charge is 2.50. The minimum atomic E-state index is -4.50. The molecule has 774 valence electrons. The third-order valence-corrected chi connectivity index (χ3v) is 31.5. The van der Waals surface area contributed by atoms with Crippen molar-refractivity contribution in [1.82, 2.24) is 31.0 Å². The van der Waals surface area contributed by atoms with Gasteiger partial charge in [0.25, 0.3) is 67.5 Å². The van der Waals surface area contributed by atoms with Crippen molar-refractivity contribution >= 4 is 126 Å². The SMILES string of the molecule is CCCN1C(=O)C=CC1=O.Cc1c(C)c2c(c(C)c1O)CCC(C)(C(=O)NCCC[N+]1=C(/C=C/C=C3/N(CCCCCC(=O)ON4C(=O)CCC4=O)c4ccc(S(=O)(=O)O)cc4C3(C)C)C(C)(C)c3cc(SOOO)ccc31)O2.Cc1ccc2c(c1)C(C)(C)C(=CC=CC1=[N+](CCCCCC(=O)NN3C(=O)C=CC3=O)c3ccc(S(=O)(=O)O)cc3C1(C)C)N2CCCNC(=O)C1(C)CCc2c(C)c(O)c(C)c(C)c2O1. The summed E-state index contributed by atoms with van der Waals surface area (Å²) in [4.78, 5) is 133. The summed E-state index contributed by atoms with van der Waals surface area (Å²) in [6.07, 6.45) is 25.0. The third-order valence-electron chi connectivity index (χ3n) is 29.2. The Morgan fingerprint density at radius 1 is 0.490 bits per heavy atom. The summed E-state index contributed by atoms with van der Waals surface area (Å²) in [6, 6.07) is 21.5. The second-order valence-electron chi connectivity index (χ2n) is 40.6.